The van der Waals surface area contributed by atoms with Crippen LogP contribution in [0.25, 0.3) is 0 Å². The maximum absolute atomic E-state index is 12.7. The molecule has 0 saturated carbocycles. The van der Waals surface area contributed by atoms with Crippen LogP contribution in [0, 0.1) is 5.92 Å². The fourth-order valence-corrected chi connectivity index (χ4v) is 3.41. The Hall–Kier alpha value is -1.59. The molecule has 124 valence electrons. The lowest BCUT2D eigenvalue weighted by atomic mass is 10.1. The summed E-state index contributed by atoms with van der Waals surface area (Å²) in [5.41, 5.74) is 0.811. The van der Waals surface area contributed by atoms with E-state index in [2.05, 4.69) is 11.8 Å². The Bertz CT molecular complexity index is 582. The predicted octanol–water partition coefficient (Wildman–Crippen LogP) is 1.86. The smallest absolute Gasteiger partial charge is 0.228 e. The third kappa shape index (κ3) is 3.51. The van der Waals surface area contributed by atoms with Crippen molar-refractivity contribution < 1.29 is 9.59 Å². The van der Waals surface area contributed by atoms with E-state index in [1.807, 2.05) is 17.0 Å². The highest BCUT2D eigenvalue weighted by molar-refractivity contribution is 6.30. The van der Waals surface area contributed by atoms with Crippen LogP contribution in [0.1, 0.15) is 13.3 Å². The lowest BCUT2D eigenvalue weighted by Gasteiger charge is -2.35. The molecule has 1 aromatic carbocycles. The summed E-state index contributed by atoms with van der Waals surface area (Å²) in [5, 5.41) is 0.641. The molecule has 2 fully saturated rings. The monoisotopic (exact) mass is 335 g/mol. The van der Waals surface area contributed by atoms with E-state index >= 15 is 0 Å². The molecule has 2 heterocycles. The second-order valence-electron chi connectivity index (χ2n) is 6.14. The molecular weight excluding hydrogens is 314 g/mol. The molecule has 23 heavy (non-hydrogen) atoms. The van der Waals surface area contributed by atoms with E-state index in [4.69, 9.17) is 11.6 Å². The van der Waals surface area contributed by atoms with Crippen molar-refractivity contribution in [2.75, 3.05) is 44.2 Å². The van der Waals surface area contributed by atoms with E-state index in [1.54, 1.807) is 17.0 Å². The maximum Gasteiger partial charge on any atom is 0.228 e. The van der Waals surface area contributed by atoms with Crippen LogP contribution in [0.5, 0.6) is 0 Å². The third-order valence-electron chi connectivity index (χ3n) is 4.74. The molecule has 0 aliphatic carbocycles. The van der Waals surface area contributed by atoms with Gasteiger partial charge in [0.25, 0.3) is 0 Å². The average molecular weight is 336 g/mol. The maximum atomic E-state index is 12.7. The van der Waals surface area contributed by atoms with Crippen LogP contribution in [0.15, 0.2) is 24.3 Å². The van der Waals surface area contributed by atoms with Crippen LogP contribution in [0.4, 0.5) is 5.69 Å². The van der Waals surface area contributed by atoms with E-state index in [0.717, 1.165) is 38.4 Å². The zero-order valence-corrected chi connectivity index (χ0v) is 14.1. The number of piperazine rings is 1. The zero-order chi connectivity index (χ0) is 16.4. The van der Waals surface area contributed by atoms with Crippen molar-refractivity contribution in [1.29, 1.82) is 0 Å². The number of carbonyl (C=O) groups is 2. The summed E-state index contributed by atoms with van der Waals surface area (Å²) in [6.45, 7) is 6.99. The summed E-state index contributed by atoms with van der Waals surface area (Å²) in [6, 6.07) is 7.19. The van der Waals surface area contributed by atoms with Crippen LogP contribution >= 0.6 is 11.6 Å². The quantitative estimate of drug-likeness (QED) is 0.847. The molecule has 2 saturated heterocycles. The normalized spacial score (nSPS) is 22.7. The molecule has 2 aliphatic heterocycles. The number of benzene rings is 1. The van der Waals surface area contributed by atoms with E-state index in [1.165, 1.54) is 0 Å². The molecular formula is C17H22ClN3O2. The number of hydrogen-bond donors (Lipinski definition) is 0. The molecule has 0 radical (unpaired) electrons. The largest absolute Gasteiger partial charge is 0.340 e. The van der Waals surface area contributed by atoms with E-state index in [-0.39, 0.29) is 17.7 Å². The fourth-order valence-electron chi connectivity index (χ4n) is 3.29. The van der Waals surface area contributed by atoms with Gasteiger partial charge in [-0.05, 0) is 30.8 Å². The van der Waals surface area contributed by atoms with Crippen molar-refractivity contribution in [3.63, 3.8) is 0 Å². The lowest BCUT2D eigenvalue weighted by Crippen LogP contribution is -2.50. The minimum Gasteiger partial charge on any atom is -0.340 e. The van der Waals surface area contributed by atoms with Crippen molar-refractivity contribution in [2.24, 2.45) is 5.92 Å². The molecule has 2 amide bonds. The van der Waals surface area contributed by atoms with Gasteiger partial charge in [-0.1, -0.05) is 18.5 Å². The van der Waals surface area contributed by atoms with Crippen molar-refractivity contribution >= 4 is 29.1 Å². The molecule has 5 nitrogen and oxygen atoms in total. The van der Waals surface area contributed by atoms with Gasteiger partial charge in [0.1, 0.15) is 0 Å². The molecule has 3 rings (SSSR count). The topological polar surface area (TPSA) is 43.9 Å². The Kier molecular flexibility index (Phi) is 4.87. The van der Waals surface area contributed by atoms with Crippen molar-refractivity contribution in [1.82, 2.24) is 9.80 Å². The number of rotatable bonds is 3. The Balaban J connectivity index is 1.63. The number of amides is 2. The van der Waals surface area contributed by atoms with E-state index < -0.39 is 0 Å². The first-order chi connectivity index (χ1) is 11.1. The summed E-state index contributed by atoms with van der Waals surface area (Å²) in [5.74, 6) is -0.102. The van der Waals surface area contributed by atoms with Gasteiger partial charge in [0.05, 0.1) is 5.92 Å². The first kappa shape index (κ1) is 16.3. The molecule has 6 heteroatoms. The minimum atomic E-state index is -0.230. The molecule has 2 aliphatic rings. The van der Waals surface area contributed by atoms with Gasteiger partial charge in [0.2, 0.25) is 11.8 Å². The third-order valence-corrected chi connectivity index (χ3v) is 5.00. The van der Waals surface area contributed by atoms with Gasteiger partial charge < -0.3 is 14.7 Å². The Labute approximate surface area is 141 Å². The zero-order valence-electron chi connectivity index (χ0n) is 13.4. The predicted molar refractivity (Wildman–Crippen MR) is 90.6 cm³/mol. The summed E-state index contributed by atoms with van der Waals surface area (Å²) >= 11 is 5.89. The number of nitrogens with zero attached hydrogens (tertiary/aromatic N) is 3. The van der Waals surface area contributed by atoms with Gasteiger partial charge in [-0.15, -0.1) is 0 Å². The molecule has 0 unspecified atom stereocenters. The average Bonchev–Trinajstić information content (AvgIpc) is 2.97. The SMILES string of the molecule is CCN1CCN(C(=O)[C@H]2CC(=O)N(c3ccc(Cl)cc3)C2)CC1. The highest BCUT2D eigenvalue weighted by Gasteiger charge is 2.37. The second kappa shape index (κ2) is 6.89. The molecule has 1 aromatic rings. The van der Waals surface area contributed by atoms with Gasteiger partial charge in [-0.25, -0.2) is 0 Å². The van der Waals surface area contributed by atoms with Crippen LogP contribution in [0.3, 0.4) is 0 Å². The number of hydrogen-bond acceptors (Lipinski definition) is 3. The van der Waals surface area contributed by atoms with Crippen molar-refractivity contribution in [3.8, 4) is 0 Å². The molecule has 0 spiro atoms. The van der Waals surface area contributed by atoms with Crippen LogP contribution in [-0.2, 0) is 9.59 Å². The highest BCUT2D eigenvalue weighted by atomic mass is 35.5. The number of halogens is 1. The lowest BCUT2D eigenvalue weighted by molar-refractivity contribution is -0.137. The summed E-state index contributed by atoms with van der Waals surface area (Å²) in [7, 11) is 0. The molecule has 0 aromatic heterocycles. The standard InChI is InChI=1S/C17H22ClN3O2/c1-2-19-7-9-20(10-8-19)17(23)13-11-16(22)21(12-13)15-5-3-14(18)4-6-15/h3-6,13H,2,7-12H2,1H3/t13-/m0/s1. The number of anilines is 1. The molecule has 0 bridgehead atoms. The van der Waals surface area contributed by atoms with Crippen molar-refractivity contribution in [2.45, 2.75) is 13.3 Å². The minimum absolute atomic E-state index is 0.0119. The van der Waals surface area contributed by atoms with Gasteiger partial charge in [0, 0.05) is 49.9 Å². The number of carbonyl (C=O) groups excluding carboxylic acids is 2. The summed E-state index contributed by atoms with van der Waals surface area (Å²) < 4.78 is 0. The number of likely N-dealkylation sites (N-methyl/N-ethyl adjacent to an activating group) is 1. The Morgan fingerprint density at radius 1 is 1.17 bits per heavy atom. The van der Waals surface area contributed by atoms with Gasteiger partial charge >= 0.3 is 0 Å². The first-order valence-electron chi connectivity index (χ1n) is 8.15. The molecule has 1 atom stereocenters. The van der Waals surface area contributed by atoms with Crippen LogP contribution in [-0.4, -0.2) is 60.9 Å². The van der Waals surface area contributed by atoms with Gasteiger partial charge in [-0.3, -0.25) is 9.59 Å². The highest BCUT2D eigenvalue weighted by Crippen LogP contribution is 2.27. The first-order valence-corrected chi connectivity index (χ1v) is 8.53. The van der Waals surface area contributed by atoms with Crippen LogP contribution in [0.2, 0.25) is 5.02 Å². The van der Waals surface area contributed by atoms with E-state index in [9.17, 15) is 9.59 Å². The fraction of sp³-hybridized carbons (Fsp3) is 0.529. The van der Waals surface area contributed by atoms with Crippen LogP contribution < -0.4 is 4.90 Å². The Morgan fingerprint density at radius 2 is 1.83 bits per heavy atom. The van der Waals surface area contributed by atoms with Gasteiger partial charge in [-0.2, -0.15) is 0 Å². The Morgan fingerprint density at radius 3 is 2.43 bits per heavy atom. The van der Waals surface area contributed by atoms with E-state index in [0.29, 0.717) is 18.0 Å². The second-order valence-corrected chi connectivity index (χ2v) is 6.58. The molecule has 0 N–H and O–H groups in total. The summed E-state index contributed by atoms with van der Waals surface area (Å²) in [6.07, 6.45) is 0.301. The summed E-state index contributed by atoms with van der Waals surface area (Å²) in [4.78, 5) is 30.9. The van der Waals surface area contributed by atoms with Gasteiger partial charge in [0.15, 0.2) is 0 Å². The van der Waals surface area contributed by atoms with Crippen molar-refractivity contribution in [3.05, 3.63) is 29.3 Å².